The summed E-state index contributed by atoms with van der Waals surface area (Å²) in [5.41, 5.74) is 5.10. The number of hydrogen-bond donors (Lipinski definition) is 1. The Morgan fingerprint density at radius 3 is 2.32 bits per heavy atom. The maximum atomic E-state index is 13.4. The molecule has 0 bridgehead atoms. The van der Waals surface area contributed by atoms with E-state index in [0.717, 1.165) is 23.3 Å². The van der Waals surface area contributed by atoms with Crippen molar-refractivity contribution in [3.8, 4) is 17.1 Å². The monoisotopic (exact) mass is 498 g/mol. The van der Waals surface area contributed by atoms with Gasteiger partial charge in [0.05, 0.1) is 25.3 Å². The van der Waals surface area contributed by atoms with E-state index in [1.807, 2.05) is 43.3 Å². The Morgan fingerprint density at radius 1 is 1.00 bits per heavy atom. The minimum atomic E-state index is -0.480. The number of allylic oxidation sites excluding steroid dienone is 1. The average Bonchev–Trinajstić information content (AvgIpc) is 3.41. The number of urea groups is 1. The number of carbonyl (C=O) groups excluding carboxylic acids is 1. The molecule has 1 atom stereocenters. The third kappa shape index (κ3) is 4.95. The van der Waals surface area contributed by atoms with Gasteiger partial charge in [0.1, 0.15) is 11.6 Å². The SMILES string of the molecule is CCc1ccc(C2NC(=O)N(Cc3ccc(OC)cc3)C(C)=C2c2nc(-c3ccc(F)cc3)no2)cc1. The predicted octanol–water partition coefficient (Wildman–Crippen LogP) is 6.14. The highest BCUT2D eigenvalue weighted by Crippen LogP contribution is 2.38. The number of nitrogens with one attached hydrogen (secondary N) is 1. The number of aromatic nitrogens is 2. The summed E-state index contributed by atoms with van der Waals surface area (Å²) in [5.74, 6) is 1.04. The van der Waals surface area contributed by atoms with Gasteiger partial charge in [0.2, 0.25) is 5.82 Å². The Labute approximate surface area is 214 Å². The van der Waals surface area contributed by atoms with Gasteiger partial charge in [0.25, 0.3) is 5.89 Å². The second kappa shape index (κ2) is 10.3. The minimum absolute atomic E-state index is 0.222. The zero-order valence-corrected chi connectivity index (χ0v) is 20.9. The number of rotatable bonds is 7. The van der Waals surface area contributed by atoms with Gasteiger partial charge in [-0.25, -0.2) is 9.18 Å². The summed E-state index contributed by atoms with van der Waals surface area (Å²) in [6.45, 7) is 4.33. The Hall–Kier alpha value is -4.46. The van der Waals surface area contributed by atoms with Crippen molar-refractivity contribution in [2.45, 2.75) is 32.9 Å². The molecule has 2 amide bonds. The number of amides is 2. The second-order valence-electron chi connectivity index (χ2n) is 8.84. The summed E-state index contributed by atoms with van der Waals surface area (Å²) in [5, 5.41) is 7.27. The molecule has 5 rings (SSSR count). The molecule has 3 aromatic carbocycles. The molecule has 0 spiro atoms. The largest absolute Gasteiger partial charge is 0.497 e. The Bertz CT molecular complexity index is 1430. The molecule has 1 aliphatic heterocycles. The summed E-state index contributed by atoms with van der Waals surface area (Å²) in [7, 11) is 1.62. The van der Waals surface area contributed by atoms with Crippen molar-refractivity contribution in [3.05, 3.63) is 107 Å². The zero-order chi connectivity index (χ0) is 25.9. The normalized spacial score (nSPS) is 15.6. The van der Waals surface area contributed by atoms with E-state index in [4.69, 9.17) is 9.26 Å². The van der Waals surface area contributed by atoms with Gasteiger partial charge >= 0.3 is 6.03 Å². The quantitative estimate of drug-likeness (QED) is 0.331. The lowest BCUT2D eigenvalue weighted by Gasteiger charge is -2.35. The van der Waals surface area contributed by atoms with Crippen molar-refractivity contribution in [3.63, 3.8) is 0 Å². The lowest BCUT2D eigenvalue weighted by atomic mass is 9.93. The molecule has 188 valence electrons. The highest BCUT2D eigenvalue weighted by molar-refractivity contribution is 5.86. The molecule has 4 aromatic rings. The number of aryl methyl sites for hydroxylation is 1. The fourth-order valence-electron chi connectivity index (χ4n) is 4.41. The molecule has 0 fully saturated rings. The van der Waals surface area contributed by atoms with Gasteiger partial charge in [0, 0.05) is 11.3 Å². The van der Waals surface area contributed by atoms with E-state index >= 15 is 0 Å². The molecule has 1 N–H and O–H groups in total. The molecule has 1 aromatic heterocycles. The minimum Gasteiger partial charge on any atom is -0.497 e. The summed E-state index contributed by atoms with van der Waals surface area (Å²) < 4.78 is 24.4. The highest BCUT2D eigenvalue weighted by atomic mass is 19.1. The highest BCUT2D eigenvalue weighted by Gasteiger charge is 2.35. The first-order chi connectivity index (χ1) is 18.0. The summed E-state index contributed by atoms with van der Waals surface area (Å²) in [6, 6.07) is 20.9. The van der Waals surface area contributed by atoms with Crippen LogP contribution in [0.3, 0.4) is 0 Å². The summed E-state index contributed by atoms with van der Waals surface area (Å²) >= 11 is 0. The number of nitrogens with zero attached hydrogens (tertiary/aromatic N) is 3. The molecule has 1 aliphatic rings. The van der Waals surface area contributed by atoms with Crippen molar-refractivity contribution in [1.29, 1.82) is 0 Å². The molecule has 0 saturated heterocycles. The molecular formula is C29H27FN4O3. The summed E-state index contributed by atoms with van der Waals surface area (Å²) in [4.78, 5) is 19.6. The third-order valence-corrected chi connectivity index (χ3v) is 6.58. The second-order valence-corrected chi connectivity index (χ2v) is 8.84. The first-order valence-electron chi connectivity index (χ1n) is 12.1. The third-order valence-electron chi connectivity index (χ3n) is 6.58. The van der Waals surface area contributed by atoms with E-state index in [2.05, 4.69) is 34.5 Å². The Balaban J connectivity index is 1.56. The number of hydrogen-bond acceptors (Lipinski definition) is 5. The molecule has 0 saturated carbocycles. The average molecular weight is 499 g/mol. The maximum Gasteiger partial charge on any atom is 0.322 e. The van der Waals surface area contributed by atoms with E-state index in [9.17, 15) is 9.18 Å². The number of methoxy groups -OCH3 is 1. The van der Waals surface area contributed by atoms with Crippen molar-refractivity contribution in [2.75, 3.05) is 7.11 Å². The van der Waals surface area contributed by atoms with E-state index in [1.54, 1.807) is 24.1 Å². The van der Waals surface area contributed by atoms with Crippen LogP contribution in [0.2, 0.25) is 0 Å². The summed E-state index contributed by atoms with van der Waals surface area (Å²) in [6.07, 6.45) is 0.916. The van der Waals surface area contributed by atoms with Crippen LogP contribution in [-0.4, -0.2) is 28.2 Å². The van der Waals surface area contributed by atoms with Crippen molar-refractivity contribution >= 4 is 11.6 Å². The van der Waals surface area contributed by atoms with Crippen LogP contribution in [0.1, 0.15) is 42.5 Å². The Morgan fingerprint density at radius 2 is 1.68 bits per heavy atom. The molecular weight excluding hydrogens is 471 g/mol. The topological polar surface area (TPSA) is 80.5 Å². The molecule has 37 heavy (non-hydrogen) atoms. The van der Waals surface area contributed by atoms with E-state index < -0.39 is 6.04 Å². The number of ether oxygens (including phenoxy) is 1. The van der Waals surface area contributed by atoms with Gasteiger partial charge in [-0.2, -0.15) is 4.98 Å². The predicted molar refractivity (Wildman–Crippen MR) is 138 cm³/mol. The van der Waals surface area contributed by atoms with Gasteiger partial charge in [-0.05, 0) is 66.4 Å². The van der Waals surface area contributed by atoms with Crippen molar-refractivity contribution < 1.29 is 18.4 Å². The first kappa shape index (κ1) is 24.2. The van der Waals surface area contributed by atoms with Gasteiger partial charge in [-0.15, -0.1) is 0 Å². The number of carbonyl (C=O) groups is 1. The van der Waals surface area contributed by atoms with Gasteiger partial charge in [-0.3, -0.25) is 4.90 Å². The van der Waals surface area contributed by atoms with Crippen LogP contribution >= 0.6 is 0 Å². The first-order valence-corrected chi connectivity index (χ1v) is 12.1. The van der Waals surface area contributed by atoms with Crippen molar-refractivity contribution in [1.82, 2.24) is 20.4 Å². The van der Waals surface area contributed by atoms with E-state index in [1.165, 1.54) is 17.7 Å². The van der Waals surface area contributed by atoms with Crippen LogP contribution < -0.4 is 10.1 Å². The zero-order valence-electron chi connectivity index (χ0n) is 20.9. The number of halogens is 1. The Kier molecular flexibility index (Phi) is 6.72. The van der Waals surface area contributed by atoms with E-state index in [0.29, 0.717) is 35.1 Å². The van der Waals surface area contributed by atoms with Crippen LogP contribution in [0, 0.1) is 5.82 Å². The van der Waals surface area contributed by atoms with Crippen molar-refractivity contribution in [2.24, 2.45) is 0 Å². The number of benzene rings is 3. The lowest BCUT2D eigenvalue weighted by Crippen LogP contribution is -2.45. The fraction of sp³-hybridized carbons (Fsp3) is 0.207. The van der Waals surface area contributed by atoms with Crippen LogP contribution in [0.25, 0.3) is 17.0 Å². The molecule has 1 unspecified atom stereocenters. The van der Waals surface area contributed by atoms with E-state index in [-0.39, 0.29) is 11.8 Å². The van der Waals surface area contributed by atoms with Crippen LogP contribution in [-0.2, 0) is 13.0 Å². The van der Waals surface area contributed by atoms with Gasteiger partial charge in [-0.1, -0.05) is 48.5 Å². The standard InChI is InChI=1S/C29H27FN4O3/c1-4-19-5-9-21(10-6-19)26-25(28-32-27(33-37-28)22-11-13-23(30)14-12-22)18(2)34(29(35)31-26)17-20-7-15-24(36-3)16-8-20/h5-16,26H,4,17H2,1-3H3,(H,31,35). The van der Waals surface area contributed by atoms with Gasteiger partial charge in [0.15, 0.2) is 0 Å². The van der Waals surface area contributed by atoms with Gasteiger partial charge < -0.3 is 14.6 Å². The molecule has 7 nitrogen and oxygen atoms in total. The fourth-order valence-corrected chi connectivity index (χ4v) is 4.41. The maximum absolute atomic E-state index is 13.4. The smallest absolute Gasteiger partial charge is 0.322 e. The lowest BCUT2D eigenvalue weighted by molar-refractivity contribution is 0.203. The molecule has 0 radical (unpaired) electrons. The molecule has 8 heteroatoms. The molecule has 0 aliphatic carbocycles. The van der Waals surface area contributed by atoms with Crippen LogP contribution in [0.4, 0.5) is 9.18 Å². The molecule has 2 heterocycles. The van der Waals surface area contributed by atoms with Crippen LogP contribution in [0.5, 0.6) is 5.75 Å². The van der Waals surface area contributed by atoms with Crippen LogP contribution in [0.15, 0.2) is 83.0 Å².